The summed E-state index contributed by atoms with van der Waals surface area (Å²) < 4.78 is 40.4. The first kappa shape index (κ1) is 18.8. The molecule has 1 aromatic rings. The number of ether oxygens (including phenoxy) is 1. The minimum Gasteiger partial charge on any atom is -0.406 e. The fraction of sp³-hybridized carbons (Fsp3) is 0.625. The zero-order valence-electron chi connectivity index (χ0n) is 13.1. The van der Waals surface area contributed by atoms with Crippen LogP contribution in [0.15, 0.2) is 24.3 Å². The lowest BCUT2D eigenvalue weighted by molar-refractivity contribution is -0.274. The topological polar surface area (TPSA) is 61.3 Å². The van der Waals surface area contributed by atoms with Crippen LogP contribution in [0.1, 0.15) is 51.0 Å². The quantitative estimate of drug-likeness (QED) is 0.763. The van der Waals surface area contributed by atoms with Gasteiger partial charge in [0.15, 0.2) is 0 Å². The monoisotopic (exact) mass is 318 g/mol. The van der Waals surface area contributed by atoms with Gasteiger partial charge < -0.3 is 16.2 Å². The lowest BCUT2D eigenvalue weighted by atomic mass is 9.86. The standard InChI is InChI=1S/C16H25F3N2O/c1-3-13(20)9-12(10-14(21)4-2)11-5-7-15(8-6-11)22-16(17,18)19/h5-8,12-14H,3-4,9-10,20-21H2,1-2H3. The van der Waals surface area contributed by atoms with E-state index in [0.29, 0.717) is 0 Å². The molecule has 3 nitrogen and oxygen atoms in total. The molecule has 0 bridgehead atoms. The first-order valence-corrected chi connectivity index (χ1v) is 7.62. The van der Waals surface area contributed by atoms with Crippen molar-refractivity contribution in [2.24, 2.45) is 11.5 Å². The van der Waals surface area contributed by atoms with Gasteiger partial charge in [-0.15, -0.1) is 13.2 Å². The van der Waals surface area contributed by atoms with Gasteiger partial charge in [-0.2, -0.15) is 0 Å². The van der Waals surface area contributed by atoms with Crippen molar-refractivity contribution in [2.45, 2.75) is 63.9 Å². The number of rotatable bonds is 8. The Bertz CT molecular complexity index is 422. The molecule has 1 aromatic carbocycles. The molecular formula is C16H25F3N2O. The molecule has 0 heterocycles. The molecular weight excluding hydrogens is 293 g/mol. The third-order valence-electron chi connectivity index (χ3n) is 3.81. The number of benzene rings is 1. The molecule has 0 aliphatic carbocycles. The van der Waals surface area contributed by atoms with Crippen LogP contribution in [0.2, 0.25) is 0 Å². The normalized spacial score (nSPS) is 16.1. The van der Waals surface area contributed by atoms with Gasteiger partial charge in [0, 0.05) is 12.1 Å². The highest BCUT2D eigenvalue weighted by Gasteiger charge is 2.31. The van der Waals surface area contributed by atoms with Gasteiger partial charge in [-0.1, -0.05) is 26.0 Å². The number of hydrogen-bond acceptors (Lipinski definition) is 3. The summed E-state index contributed by atoms with van der Waals surface area (Å²) in [5.41, 5.74) is 13.0. The van der Waals surface area contributed by atoms with Gasteiger partial charge in [-0.05, 0) is 49.3 Å². The van der Waals surface area contributed by atoms with Crippen molar-refractivity contribution in [3.63, 3.8) is 0 Å². The molecule has 0 amide bonds. The fourth-order valence-electron chi connectivity index (χ4n) is 2.37. The second-order valence-corrected chi connectivity index (χ2v) is 5.62. The Morgan fingerprint density at radius 2 is 1.41 bits per heavy atom. The molecule has 126 valence electrons. The first-order chi connectivity index (χ1) is 10.2. The zero-order valence-corrected chi connectivity index (χ0v) is 13.1. The SMILES string of the molecule is CCC(N)CC(CC(N)CC)c1ccc(OC(F)(F)F)cc1. The first-order valence-electron chi connectivity index (χ1n) is 7.62. The number of nitrogens with two attached hydrogens (primary N) is 2. The molecule has 0 fully saturated rings. The van der Waals surface area contributed by atoms with Crippen LogP contribution < -0.4 is 16.2 Å². The zero-order chi connectivity index (χ0) is 16.8. The van der Waals surface area contributed by atoms with Gasteiger partial charge in [-0.25, -0.2) is 0 Å². The van der Waals surface area contributed by atoms with Crippen LogP contribution >= 0.6 is 0 Å². The van der Waals surface area contributed by atoms with Gasteiger partial charge in [0.1, 0.15) is 5.75 Å². The van der Waals surface area contributed by atoms with Crippen LogP contribution in [0.4, 0.5) is 13.2 Å². The van der Waals surface area contributed by atoms with Crippen molar-refractivity contribution >= 4 is 0 Å². The maximum atomic E-state index is 12.2. The highest BCUT2D eigenvalue weighted by molar-refractivity contribution is 5.30. The van der Waals surface area contributed by atoms with E-state index in [4.69, 9.17) is 11.5 Å². The number of hydrogen-bond donors (Lipinski definition) is 2. The second kappa shape index (κ2) is 8.39. The van der Waals surface area contributed by atoms with Crippen LogP contribution in [0.25, 0.3) is 0 Å². The smallest absolute Gasteiger partial charge is 0.406 e. The van der Waals surface area contributed by atoms with E-state index < -0.39 is 6.36 Å². The van der Waals surface area contributed by atoms with E-state index in [-0.39, 0.29) is 23.8 Å². The minimum atomic E-state index is -4.67. The molecule has 4 N–H and O–H groups in total. The maximum absolute atomic E-state index is 12.2. The Morgan fingerprint density at radius 3 is 1.77 bits per heavy atom. The van der Waals surface area contributed by atoms with E-state index in [2.05, 4.69) is 4.74 Å². The Hall–Kier alpha value is -1.27. The van der Waals surface area contributed by atoms with Crippen LogP contribution in [0.5, 0.6) is 5.75 Å². The minimum absolute atomic E-state index is 0.0557. The average Bonchev–Trinajstić information content (AvgIpc) is 2.45. The average molecular weight is 318 g/mol. The molecule has 6 heteroatoms. The summed E-state index contributed by atoms with van der Waals surface area (Å²) in [6, 6.07) is 6.11. The summed E-state index contributed by atoms with van der Waals surface area (Å²) in [5, 5.41) is 0. The summed E-state index contributed by atoms with van der Waals surface area (Å²) in [4.78, 5) is 0. The number of alkyl halides is 3. The third kappa shape index (κ3) is 6.66. The van der Waals surface area contributed by atoms with Gasteiger partial charge in [0.2, 0.25) is 0 Å². The Labute approximate surface area is 129 Å². The molecule has 22 heavy (non-hydrogen) atoms. The van der Waals surface area contributed by atoms with Crippen molar-refractivity contribution in [1.82, 2.24) is 0 Å². The molecule has 0 aliphatic heterocycles. The summed E-state index contributed by atoms with van der Waals surface area (Å²) in [5.74, 6) is -0.0700. The summed E-state index contributed by atoms with van der Waals surface area (Å²) in [6.45, 7) is 4.03. The highest BCUT2D eigenvalue weighted by Crippen LogP contribution is 2.30. The third-order valence-corrected chi connectivity index (χ3v) is 3.81. The van der Waals surface area contributed by atoms with E-state index in [9.17, 15) is 13.2 Å². The van der Waals surface area contributed by atoms with E-state index >= 15 is 0 Å². The van der Waals surface area contributed by atoms with Crippen molar-refractivity contribution in [1.29, 1.82) is 0 Å². The predicted octanol–water partition coefficient (Wildman–Crippen LogP) is 3.92. The highest BCUT2D eigenvalue weighted by atomic mass is 19.4. The summed E-state index contributed by atoms with van der Waals surface area (Å²) >= 11 is 0. The van der Waals surface area contributed by atoms with Crippen molar-refractivity contribution < 1.29 is 17.9 Å². The van der Waals surface area contributed by atoms with E-state index in [1.807, 2.05) is 13.8 Å². The summed E-state index contributed by atoms with van der Waals surface area (Å²) in [7, 11) is 0. The van der Waals surface area contributed by atoms with Crippen molar-refractivity contribution in [3.05, 3.63) is 29.8 Å². The summed E-state index contributed by atoms with van der Waals surface area (Å²) in [6.07, 6.45) is -1.43. The second-order valence-electron chi connectivity index (χ2n) is 5.62. The van der Waals surface area contributed by atoms with E-state index in [1.165, 1.54) is 12.1 Å². The molecule has 0 saturated carbocycles. The molecule has 2 atom stereocenters. The van der Waals surface area contributed by atoms with Crippen molar-refractivity contribution in [3.8, 4) is 5.75 Å². The number of halogens is 3. The Balaban J connectivity index is 2.84. The molecule has 0 saturated heterocycles. The molecule has 1 rings (SSSR count). The van der Waals surface area contributed by atoms with Gasteiger partial charge in [0.05, 0.1) is 0 Å². The largest absolute Gasteiger partial charge is 0.573 e. The lowest BCUT2D eigenvalue weighted by Gasteiger charge is -2.23. The molecule has 0 radical (unpaired) electrons. The van der Waals surface area contributed by atoms with Crippen molar-refractivity contribution in [2.75, 3.05) is 0 Å². The Kier molecular flexibility index (Phi) is 7.16. The molecule has 0 spiro atoms. The van der Waals surface area contributed by atoms with Gasteiger partial charge in [0.25, 0.3) is 0 Å². The molecule has 0 aromatic heterocycles. The van der Waals surface area contributed by atoms with Crippen LogP contribution in [0.3, 0.4) is 0 Å². The van der Waals surface area contributed by atoms with Gasteiger partial charge in [-0.3, -0.25) is 0 Å². The van der Waals surface area contributed by atoms with Crippen LogP contribution in [-0.4, -0.2) is 18.4 Å². The van der Waals surface area contributed by atoms with E-state index in [0.717, 1.165) is 31.2 Å². The molecule has 0 aliphatic rings. The Morgan fingerprint density at radius 1 is 0.955 bits per heavy atom. The van der Waals surface area contributed by atoms with Crippen LogP contribution in [0, 0.1) is 0 Å². The molecule has 2 unspecified atom stereocenters. The van der Waals surface area contributed by atoms with E-state index in [1.54, 1.807) is 12.1 Å². The van der Waals surface area contributed by atoms with Crippen LogP contribution in [-0.2, 0) is 0 Å². The maximum Gasteiger partial charge on any atom is 0.573 e. The van der Waals surface area contributed by atoms with Gasteiger partial charge >= 0.3 is 6.36 Å². The predicted molar refractivity (Wildman–Crippen MR) is 81.6 cm³/mol. The lowest BCUT2D eigenvalue weighted by Crippen LogP contribution is -2.27. The fourth-order valence-corrected chi connectivity index (χ4v) is 2.37.